The van der Waals surface area contributed by atoms with Gasteiger partial charge in [-0.2, -0.15) is 0 Å². The summed E-state index contributed by atoms with van der Waals surface area (Å²) in [7, 11) is 0. The predicted molar refractivity (Wildman–Crippen MR) is 323 cm³/mol. The predicted octanol–water partition coefficient (Wildman–Crippen LogP) is 8.11. The molecule has 3 aliphatic rings. The number of ether oxygens (including phenoxy) is 6. The van der Waals surface area contributed by atoms with E-state index in [1.165, 1.54) is 193 Å². The second kappa shape index (κ2) is 48.4. The van der Waals surface area contributed by atoms with Gasteiger partial charge in [-0.1, -0.05) is 251 Å². The summed E-state index contributed by atoms with van der Waals surface area (Å²) < 4.78 is 34.3. The Hall–Kier alpha value is -1.47. The van der Waals surface area contributed by atoms with Gasteiger partial charge in [0.15, 0.2) is 18.9 Å². The summed E-state index contributed by atoms with van der Waals surface area (Å²) >= 11 is 0. The van der Waals surface area contributed by atoms with Crippen molar-refractivity contribution in [3.63, 3.8) is 0 Å². The number of allylic oxidation sites excluding steroid dienone is 1. The van der Waals surface area contributed by atoms with E-state index in [0.29, 0.717) is 6.42 Å². The third-order valence-corrected chi connectivity index (χ3v) is 17.3. The number of nitrogens with one attached hydrogen (secondary N) is 1. The highest BCUT2D eigenvalue weighted by molar-refractivity contribution is 5.76. The van der Waals surface area contributed by atoms with Gasteiger partial charge < -0.3 is 89.9 Å². The lowest BCUT2D eigenvalue weighted by molar-refractivity contribution is -0.379. The molecule has 0 aromatic heterocycles. The van der Waals surface area contributed by atoms with E-state index >= 15 is 0 Å². The minimum absolute atomic E-state index is 0.248. The Morgan fingerprint density at radius 2 is 0.738 bits per heavy atom. The standard InChI is InChI=1S/C65H123NO18/c1-3-5-7-9-11-13-15-17-18-19-20-21-22-23-24-25-26-27-28-29-30-31-32-34-36-38-40-42-49(70)48(66-53(71)43-41-39-37-35-33-16-14-12-10-8-6-4-2)47-79-63-59(77)56(74)61(51(45-68)81-63)84-65-60(78)57(75)62(52(46-69)82-65)83-64-58(76)55(73)54(72)50(44-67)80-64/h40,42,48-52,54-65,67-70,72-78H,3-39,41,43-47H2,1-2H3,(H,66,71)/b42-40+. The number of unbranched alkanes of at least 4 members (excludes halogenated alkanes) is 36. The van der Waals surface area contributed by atoms with Crippen molar-refractivity contribution < 1.29 is 89.4 Å². The normalized spacial score (nSPS) is 29.2. The Balaban J connectivity index is 1.41. The Morgan fingerprint density at radius 3 is 1.12 bits per heavy atom. The van der Waals surface area contributed by atoms with Crippen molar-refractivity contribution >= 4 is 5.91 Å². The monoisotopic (exact) mass is 1210 g/mol. The van der Waals surface area contributed by atoms with Gasteiger partial charge in [0.05, 0.1) is 38.6 Å². The molecule has 0 radical (unpaired) electrons. The van der Waals surface area contributed by atoms with Crippen molar-refractivity contribution in [1.82, 2.24) is 5.32 Å². The second-order valence-electron chi connectivity index (χ2n) is 24.7. The molecule has 3 heterocycles. The average Bonchev–Trinajstić information content (AvgIpc) is 2.94. The minimum Gasteiger partial charge on any atom is -0.394 e. The van der Waals surface area contributed by atoms with E-state index in [-0.39, 0.29) is 18.9 Å². The lowest BCUT2D eigenvalue weighted by Gasteiger charge is -2.48. The van der Waals surface area contributed by atoms with Crippen LogP contribution in [0.15, 0.2) is 12.2 Å². The first-order valence-electron chi connectivity index (χ1n) is 33.9. The van der Waals surface area contributed by atoms with Crippen LogP contribution in [0.3, 0.4) is 0 Å². The molecule has 0 saturated carbocycles. The van der Waals surface area contributed by atoms with Gasteiger partial charge in [-0.15, -0.1) is 0 Å². The van der Waals surface area contributed by atoms with E-state index in [2.05, 4.69) is 19.2 Å². The van der Waals surface area contributed by atoms with Crippen molar-refractivity contribution in [1.29, 1.82) is 0 Å². The fourth-order valence-electron chi connectivity index (χ4n) is 11.8. The molecule has 0 aromatic rings. The third kappa shape index (κ3) is 30.8. The van der Waals surface area contributed by atoms with Gasteiger partial charge in [-0.05, 0) is 19.3 Å². The molecule has 17 atom stereocenters. The van der Waals surface area contributed by atoms with Crippen LogP contribution in [0.5, 0.6) is 0 Å². The summed E-state index contributed by atoms with van der Waals surface area (Å²) in [5, 5.41) is 120. The first-order chi connectivity index (χ1) is 40.8. The molecule has 3 fully saturated rings. The maximum absolute atomic E-state index is 13.3. The summed E-state index contributed by atoms with van der Waals surface area (Å²) in [6.07, 6.45) is 24.9. The highest BCUT2D eigenvalue weighted by Gasteiger charge is 2.53. The summed E-state index contributed by atoms with van der Waals surface area (Å²) in [5.74, 6) is -0.273. The van der Waals surface area contributed by atoms with Gasteiger partial charge in [0.1, 0.15) is 73.2 Å². The minimum atomic E-state index is -1.97. The van der Waals surface area contributed by atoms with E-state index in [4.69, 9.17) is 28.4 Å². The molecule has 3 aliphatic heterocycles. The molecule has 3 saturated heterocycles. The zero-order chi connectivity index (χ0) is 61.2. The van der Waals surface area contributed by atoms with Crippen LogP contribution in [-0.4, -0.2) is 193 Å². The Bertz CT molecular complexity index is 1580. The number of hydrogen-bond acceptors (Lipinski definition) is 18. The second-order valence-corrected chi connectivity index (χ2v) is 24.7. The van der Waals surface area contributed by atoms with Crippen LogP contribution in [0.2, 0.25) is 0 Å². The number of carbonyl (C=O) groups is 1. The summed E-state index contributed by atoms with van der Waals surface area (Å²) in [4.78, 5) is 13.3. The highest BCUT2D eigenvalue weighted by Crippen LogP contribution is 2.33. The zero-order valence-corrected chi connectivity index (χ0v) is 52.2. The lowest BCUT2D eigenvalue weighted by atomic mass is 9.96. The van der Waals surface area contributed by atoms with Crippen LogP contribution in [0, 0.1) is 0 Å². The topological polar surface area (TPSA) is 307 Å². The quantitative estimate of drug-likeness (QED) is 0.0202. The number of rotatable bonds is 52. The molecule has 12 N–H and O–H groups in total. The largest absolute Gasteiger partial charge is 0.394 e. The van der Waals surface area contributed by atoms with Crippen LogP contribution in [0.1, 0.15) is 264 Å². The summed E-state index contributed by atoms with van der Waals surface area (Å²) in [5.41, 5.74) is 0. The van der Waals surface area contributed by atoms with E-state index in [9.17, 15) is 61.0 Å². The molecule has 496 valence electrons. The Kier molecular flexibility index (Phi) is 44.2. The Labute approximate surface area is 506 Å². The highest BCUT2D eigenvalue weighted by atomic mass is 16.8. The molecule has 84 heavy (non-hydrogen) atoms. The van der Waals surface area contributed by atoms with Crippen molar-refractivity contribution in [2.45, 2.75) is 369 Å². The number of hydrogen-bond donors (Lipinski definition) is 12. The fourth-order valence-corrected chi connectivity index (χ4v) is 11.8. The van der Waals surface area contributed by atoms with Crippen molar-refractivity contribution in [2.24, 2.45) is 0 Å². The zero-order valence-electron chi connectivity index (χ0n) is 52.2. The molecule has 17 unspecified atom stereocenters. The molecular weight excluding hydrogens is 1080 g/mol. The van der Waals surface area contributed by atoms with Crippen LogP contribution in [0.4, 0.5) is 0 Å². The molecule has 0 aliphatic carbocycles. The maximum Gasteiger partial charge on any atom is 0.220 e. The molecule has 19 heteroatoms. The van der Waals surface area contributed by atoms with Crippen LogP contribution < -0.4 is 5.32 Å². The van der Waals surface area contributed by atoms with Crippen molar-refractivity contribution in [3.05, 3.63) is 12.2 Å². The van der Waals surface area contributed by atoms with Gasteiger partial charge >= 0.3 is 0 Å². The van der Waals surface area contributed by atoms with Gasteiger partial charge in [-0.3, -0.25) is 4.79 Å². The molecular formula is C65H123NO18. The van der Waals surface area contributed by atoms with E-state index in [1.807, 2.05) is 6.08 Å². The molecule has 0 spiro atoms. The number of aliphatic hydroxyl groups excluding tert-OH is 11. The molecule has 19 nitrogen and oxygen atoms in total. The lowest BCUT2D eigenvalue weighted by Crippen LogP contribution is -2.66. The van der Waals surface area contributed by atoms with Gasteiger partial charge in [-0.25, -0.2) is 0 Å². The molecule has 3 rings (SSSR count). The summed E-state index contributed by atoms with van der Waals surface area (Å²) in [6.45, 7) is 1.75. The summed E-state index contributed by atoms with van der Waals surface area (Å²) in [6, 6.07) is -0.967. The van der Waals surface area contributed by atoms with Crippen molar-refractivity contribution in [2.75, 3.05) is 26.4 Å². The van der Waals surface area contributed by atoms with Gasteiger partial charge in [0, 0.05) is 6.42 Å². The smallest absolute Gasteiger partial charge is 0.220 e. The van der Waals surface area contributed by atoms with E-state index < -0.39 is 124 Å². The third-order valence-electron chi connectivity index (χ3n) is 17.3. The van der Waals surface area contributed by atoms with Gasteiger partial charge in [0.2, 0.25) is 5.91 Å². The van der Waals surface area contributed by atoms with E-state index in [1.54, 1.807) is 6.08 Å². The van der Waals surface area contributed by atoms with Gasteiger partial charge in [0.25, 0.3) is 0 Å². The molecule has 0 bridgehead atoms. The van der Waals surface area contributed by atoms with Crippen LogP contribution in [0.25, 0.3) is 0 Å². The van der Waals surface area contributed by atoms with E-state index in [0.717, 1.165) is 44.9 Å². The fraction of sp³-hybridized carbons (Fsp3) is 0.954. The molecule has 0 aromatic carbocycles. The van der Waals surface area contributed by atoms with Crippen molar-refractivity contribution in [3.8, 4) is 0 Å². The number of amides is 1. The average molecular weight is 1210 g/mol. The first kappa shape index (κ1) is 76.8. The number of carbonyl (C=O) groups excluding carboxylic acids is 1. The first-order valence-corrected chi connectivity index (χ1v) is 33.9. The molecule has 1 amide bonds. The van der Waals surface area contributed by atoms with Crippen LogP contribution >= 0.6 is 0 Å². The maximum atomic E-state index is 13.3. The SMILES string of the molecule is CCCCCCCCCCCCCCCCCCCCCCCCCCC/C=C/C(O)C(COC1OC(CO)C(OC2OC(CO)C(OC3OC(CO)C(O)C(O)C3O)C(O)C2O)C(O)C1O)NC(=O)CCCCCCCCCCCCCC. The Morgan fingerprint density at radius 1 is 0.417 bits per heavy atom. The van der Waals surface area contributed by atoms with Crippen LogP contribution in [-0.2, 0) is 33.2 Å². The number of aliphatic hydroxyl groups is 11.